The molecule has 2 atom stereocenters. The first kappa shape index (κ1) is 66.7. The molecule has 17 nitrogen and oxygen atoms in total. The summed E-state index contributed by atoms with van der Waals surface area (Å²) >= 11 is 0. The molecular weight excluding hydrogens is 1120 g/mol. The van der Waals surface area contributed by atoms with Gasteiger partial charge in [0.2, 0.25) is 5.69 Å². The van der Waals surface area contributed by atoms with E-state index in [0.717, 1.165) is 22.7 Å². The van der Waals surface area contributed by atoms with E-state index in [2.05, 4.69) is 18.4 Å². The fraction of sp³-hybridized carbons (Fsp3) is 0.627. The summed E-state index contributed by atoms with van der Waals surface area (Å²) in [5, 5.41) is 1.96. The topological polar surface area (TPSA) is 218 Å². The van der Waals surface area contributed by atoms with Gasteiger partial charge >= 0.3 is 40.4 Å². The minimum absolute atomic E-state index is 0.0283. The van der Waals surface area contributed by atoms with E-state index < -0.39 is 77.2 Å². The highest BCUT2D eigenvalue weighted by atomic mass is 32.2. The first-order valence-electron chi connectivity index (χ1n) is 25.8. The van der Waals surface area contributed by atoms with Crippen LogP contribution in [0, 0.1) is 0 Å². The maximum atomic E-state index is 15.0. The predicted octanol–water partition coefficient (Wildman–Crippen LogP) is 11.0. The van der Waals surface area contributed by atoms with Crippen molar-refractivity contribution in [2.24, 2.45) is 0 Å². The van der Waals surface area contributed by atoms with E-state index in [4.69, 9.17) is 18.1 Å². The number of alkyl halides is 6. The first-order chi connectivity index (χ1) is 36.1. The van der Waals surface area contributed by atoms with Crippen LogP contribution >= 0.6 is 16.1 Å². The number of unbranched alkanes of at least 4 members (excludes halogenated alkanes) is 6. The second kappa shape index (κ2) is 28.3. The van der Waals surface area contributed by atoms with Gasteiger partial charge in [-0.3, -0.25) is 18.5 Å². The molecule has 2 aromatic rings. The Morgan fingerprint density at radius 2 is 1.35 bits per heavy atom. The molecule has 78 heavy (non-hydrogen) atoms. The summed E-state index contributed by atoms with van der Waals surface area (Å²) in [5.74, 6) is -5.28. The third-order valence-electron chi connectivity index (χ3n) is 13.1. The van der Waals surface area contributed by atoms with Crippen molar-refractivity contribution in [2.75, 3.05) is 55.9 Å². The van der Waals surface area contributed by atoms with E-state index in [9.17, 15) is 66.4 Å². The van der Waals surface area contributed by atoms with Gasteiger partial charge in [0.1, 0.15) is 6.54 Å². The monoisotopic (exact) mass is 1190 g/mol. The van der Waals surface area contributed by atoms with Crippen LogP contribution in [0.5, 0.6) is 0 Å². The lowest BCUT2D eigenvalue weighted by molar-refractivity contribution is -0.438. The zero-order valence-electron chi connectivity index (χ0n) is 45.4. The fourth-order valence-corrected chi connectivity index (χ4v) is 13.7. The largest absolute Gasteiger partial charge is 0.491 e. The Morgan fingerprint density at radius 3 is 1.92 bits per heavy atom. The predicted molar refractivity (Wildman–Crippen MR) is 288 cm³/mol. The SMILES string of the molecule is CC(C)N(C(C)C)P(OCCCCCCOP(=O)(OCCCCNC(=O)C(F)(F)F)c1ccc2c(c1)C(C)(C)/C(=C/C=C/C1=[N+](CCCCS(=O)(=O)O)c3ccccc3C1(C)C)N2CCCCS(=O)(=O)O)OC(=O)C(F)(F)F. The molecule has 2 aliphatic rings. The van der Waals surface area contributed by atoms with Gasteiger partial charge in [-0.1, -0.05) is 51.0 Å². The van der Waals surface area contributed by atoms with Crippen molar-refractivity contribution in [3.8, 4) is 0 Å². The van der Waals surface area contributed by atoms with Crippen molar-refractivity contribution in [3.05, 3.63) is 77.5 Å². The average Bonchev–Trinajstić information content (AvgIpc) is 3.84. The molecule has 0 aliphatic carbocycles. The number of benzene rings is 2. The molecule has 2 aliphatic heterocycles. The van der Waals surface area contributed by atoms with E-state index >= 15 is 0 Å². The molecule has 27 heteroatoms. The first-order valence-corrected chi connectivity index (χ1v) is 31.7. The molecule has 0 fully saturated rings. The number of nitrogens with zero attached hydrogens (tertiary/aromatic N) is 3. The zero-order valence-corrected chi connectivity index (χ0v) is 48.8. The number of para-hydroxylation sites is 1. The van der Waals surface area contributed by atoms with Gasteiger partial charge in [0.05, 0.1) is 42.0 Å². The molecular formula is C51H75F6N4O13P2S2+. The number of amides is 1. The number of rotatable bonds is 32. The Balaban J connectivity index is 1.62. The lowest BCUT2D eigenvalue weighted by Gasteiger charge is -2.34. The standard InChI is InChI=1S/C51H74F6N4O13P2S2/c1-37(2)61(38(3)4)75(74-47(63)51(55,56)57)71-31-16-9-10-17-32-72-76(64,73-33-18-13-28-58-46(62)50(52,53)54)39-26-27-43-41(36-39)49(7,8)45(60(43)30-15-20-35-78(68,69)70)25-21-24-44-48(5,6)40-22-11-12-23-42(40)59(44)29-14-19-34-77(65,66)67/h11-12,21-27,36-38H,9-10,13-20,28-35H2,1-8H3,(H2-,58,62,65,66,67,68,69,70)/p+1. The van der Waals surface area contributed by atoms with E-state index in [0.29, 0.717) is 62.9 Å². The van der Waals surface area contributed by atoms with E-state index in [1.165, 1.54) is 0 Å². The summed E-state index contributed by atoms with van der Waals surface area (Å²) in [6.07, 6.45) is -1.44. The second-order valence-electron chi connectivity index (χ2n) is 20.6. The highest BCUT2D eigenvalue weighted by Gasteiger charge is 2.47. The molecule has 4 rings (SSSR count). The molecule has 440 valence electrons. The normalized spacial score (nSPS) is 17.4. The van der Waals surface area contributed by atoms with Crippen LogP contribution in [0.1, 0.15) is 131 Å². The highest BCUT2D eigenvalue weighted by Crippen LogP contribution is 2.53. The maximum absolute atomic E-state index is 15.0. The van der Waals surface area contributed by atoms with Crippen LogP contribution in [0.3, 0.4) is 0 Å². The summed E-state index contributed by atoms with van der Waals surface area (Å²) in [7, 11) is -15.0. The molecule has 2 unspecified atom stereocenters. The van der Waals surface area contributed by atoms with Gasteiger partial charge < -0.3 is 28.3 Å². The minimum Gasteiger partial charge on any atom is -0.397 e. The number of anilines is 1. The van der Waals surface area contributed by atoms with Crippen molar-refractivity contribution >= 4 is 70.6 Å². The van der Waals surface area contributed by atoms with Gasteiger partial charge in [-0.05, 0) is 116 Å². The van der Waals surface area contributed by atoms with Gasteiger partial charge in [-0.25, -0.2) is 9.46 Å². The quantitative estimate of drug-likeness (QED) is 0.0204. The summed E-state index contributed by atoms with van der Waals surface area (Å²) in [4.78, 5) is 25.1. The molecule has 0 radical (unpaired) electrons. The van der Waals surface area contributed by atoms with Crippen LogP contribution in [-0.2, 0) is 63.3 Å². The van der Waals surface area contributed by atoms with Crippen LogP contribution in [0.4, 0.5) is 37.7 Å². The molecule has 3 N–H and O–H groups in total. The summed E-state index contributed by atoms with van der Waals surface area (Å²) < 4.78 is 184. The van der Waals surface area contributed by atoms with Gasteiger partial charge in [-0.2, -0.15) is 47.8 Å². The summed E-state index contributed by atoms with van der Waals surface area (Å²) in [6, 6.07) is 12.3. The van der Waals surface area contributed by atoms with Crippen molar-refractivity contribution in [3.63, 3.8) is 0 Å². The lowest BCUT2D eigenvalue weighted by Crippen LogP contribution is -2.37. The van der Waals surface area contributed by atoms with Crippen LogP contribution in [0.15, 0.2) is 66.4 Å². The zero-order chi connectivity index (χ0) is 58.5. The van der Waals surface area contributed by atoms with E-state index in [1.54, 1.807) is 55.9 Å². The third-order valence-corrected chi connectivity index (χ3v) is 18.7. The smallest absolute Gasteiger partial charge is 0.397 e. The van der Waals surface area contributed by atoms with Crippen LogP contribution in [-0.4, -0.2) is 128 Å². The number of hydrogen-bond donors (Lipinski definition) is 3. The third kappa shape index (κ3) is 19.2. The summed E-state index contributed by atoms with van der Waals surface area (Å²) in [6.45, 7) is 15.1. The van der Waals surface area contributed by atoms with Gasteiger partial charge in [0, 0.05) is 66.1 Å². The molecule has 0 spiro atoms. The summed E-state index contributed by atoms with van der Waals surface area (Å²) in [5.41, 5.74) is 3.83. The maximum Gasteiger partial charge on any atom is 0.491 e. The Bertz CT molecular complexity index is 2750. The number of halogens is 6. The average molecular weight is 1190 g/mol. The number of hydrogen-bond acceptors (Lipinski definition) is 13. The molecule has 0 saturated carbocycles. The number of fused-ring (bicyclic) bond motifs is 2. The van der Waals surface area contributed by atoms with E-state index in [1.807, 2.05) is 61.2 Å². The van der Waals surface area contributed by atoms with Crippen LogP contribution in [0.25, 0.3) is 0 Å². The van der Waals surface area contributed by atoms with E-state index in [-0.39, 0.29) is 75.2 Å². The molecule has 1 amide bonds. The lowest BCUT2D eigenvalue weighted by atomic mass is 9.81. The molecule has 0 saturated heterocycles. The Kier molecular flexibility index (Phi) is 24.2. The van der Waals surface area contributed by atoms with Crippen LogP contribution < -0.4 is 15.5 Å². The fourth-order valence-electron chi connectivity index (χ4n) is 9.32. The number of carbonyl (C=O) groups excluding carboxylic acids is 2. The van der Waals surface area contributed by atoms with Crippen molar-refractivity contribution in [2.45, 2.75) is 155 Å². The Hall–Kier alpha value is -3.77. The number of allylic oxidation sites excluding steroid dienone is 4. The minimum atomic E-state index is -5.21. The van der Waals surface area contributed by atoms with Gasteiger partial charge in [0.25, 0.3) is 20.2 Å². The molecule has 0 aromatic heterocycles. The van der Waals surface area contributed by atoms with Crippen LogP contribution in [0.2, 0.25) is 0 Å². The van der Waals surface area contributed by atoms with Crippen molar-refractivity contribution < 1.29 is 89.1 Å². The molecule has 0 bridgehead atoms. The molecule has 2 heterocycles. The number of nitrogens with one attached hydrogen (secondary N) is 1. The number of carbonyl (C=O) groups is 2. The van der Waals surface area contributed by atoms with Gasteiger partial charge in [0.15, 0.2) is 5.71 Å². The van der Waals surface area contributed by atoms with Crippen molar-refractivity contribution in [1.29, 1.82) is 0 Å². The Morgan fingerprint density at radius 1 is 0.769 bits per heavy atom. The molecule has 2 aromatic carbocycles. The van der Waals surface area contributed by atoms with Crippen molar-refractivity contribution in [1.82, 2.24) is 9.99 Å². The highest BCUT2D eigenvalue weighted by molar-refractivity contribution is 7.86. The second-order valence-corrected chi connectivity index (χ2v) is 27.2. The Labute approximate surface area is 456 Å². The van der Waals surface area contributed by atoms with Gasteiger partial charge in [-0.15, -0.1) is 0 Å².